The van der Waals surface area contributed by atoms with Gasteiger partial charge in [0.15, 0.2) is 0 Å². The summed E-state index contributed by atoms with van der Waals surface area (Å²) in [6.07, 6.45) is 0. The minimum atomic E-state index is -0.247. The molecule has 1 atom stereocenters. The molecule has 5 heteroatoms. The Kier molecular flexibility index (Phi) is 3.47. The highest BCUT2D eigenvalue weighted by Crippen LogP contribution is 2.31. The first-order valence-corrected chi connectivity index (χ1v) is 7.49. The Balaban J connectivity index is 2.14. The van der Waals surface area contributed by atoms with Crippen molar-refractivity contribution in [2.75, 3.05) is 0 Å². The monoisotopic (exact) mass is 345 g/mol. The summed E-state index contributed by atoms with van der Waals surface area (Å²) in [5.41, 5.74) is 12.2. The van der Waals surface area contributed by atoms with Gasteiger partial charge >= 0.3 is 5.69 Å². The van der Waals surface area contributed by atoms with Gasteiger partial charge in [0.1, 0.15) is 0 Å². The number of aryl methyl sites for hydroxylation is 2. The standard InChI is InChI=1S/C16H16BrN3O/c1-8-3-4-10(9(2)5-8)15(18)11-6-13-14(7-12(11)17)20-16(21)19-13/h3-7,15H,18H2,1-2H3,(H2,19,20,21). The molecule has 0 aliphatic rings. The summed E-state index contributed by atoms with van der Waals surface area (Å²) in [5.74, 6) is 0. The number of halogens is 1. The Labute approximate surface area is 130 Å². The number of nitrogens with one attached hydrogen (secondary N) is 2. The van der Waals surface area contributed by atoms with E-state index in [0.29, 0.717) is 0 Å². The number of hydrogen-bond donors (Lipinski definition) is 3. The van der Waals surface area contributed by atoms with E-state index in [2.05, 4.69) is 57.9 Å². The molecule has 2 aromatic carbocycles. The summed E-state index contributed by atoms with van der Waals surface area (Å²) in [7, 11) is 0. The summed E-state index contributed by atoms with van der Waals surface area (Å²) >= 11 is 3.55. The second-order valence-corrected chi connectivity index (χ2v) is 6.19. The molecule has 0 saturated heterocycles. The highest BCUT2D eigenvalue weighted by atomic mass is 79.9. The van der Waals surface area contributed by atoms with Gasteiger partial charge in [0.25, 0.3) is 0 Å². The van der Waals surface area contributed by atoms with Crippen molar-refractivity contribution in [3.8, 4) is 0 Å². The minimum Gasteiger partial charge on any atom is -0.320 e. The minimum absolute atomic E-state index is 0.214. The van der Waals surface area contributed by atoms with E-state index in [9.17, 15) is 4.79 Å². The molecule has 4 nitrogen and oxygen atoms in total. The SMILES string of the molecule is Cc1ccc(C(N)c2cc3[nH]c(=O)[nH]c3cc2Br)c(C)c1. The molecular formula is C16H16BrN3O. The van der Waals surface area contributed by atoms with Gasteiger partial charge in [-0.1, -0.05) is 39.7 Å². The van der Waals surface area contributed by atoms with Crippen LogP contribution in [-0.2, 0) is 0 Å². The van der Waals surface area contributed by atoms with Crippen LogP contribution in [0.4, 0.5) is 0 Å². The van der Waals surface area contributed by atoms with Gasteiger partial charge in [-0.3, -0.25) is 0 Å². The third-order valence-corrected chi connectivity index (χ3v) is 4.42. The summed E-state index contributed by atoms with van der Waals surface area (Å²) in [6.45, 7) is 4.13. The summed E-state index contributed by atoms with van der Waals surface area (Å²) < 4.78 is 0.887. The van der Waals surface area contributed by atoms with Crippen molar-refractivity contribution in [1.82, 2.24) is 9.97 Å². The number of rotatable bonds is 2. The van der Waals surface area contributed by atoms with Gasteiger partial charge in [-0.25, -0.2) is 4.79 Å². The molecule has 21 heavy (non-hydrogen) atoms. The summed E-state index contributed by atoms with van der Waals surface area (Å²) in [5, 5.41) is 0. The van der Waals surface area contributed by atoms with Crippen LogP contribution in [0.5, 0.6) is 0 Å². The van der Waals surface area contributed by atoms with Gasteiger partial charge in [-0.15, -0.1) is 0 Å². The molecule has 0 bridgehead atoms. The van der Waals surface area contributed by atoms with E-state index >= 15 is 0 Å². The summed E-state index contributed by atoms with van der Waals surface area (Å²) in [6, 6.07) is 9.80. The maximum atomic E-state index is 11.4. The highest BCUT2D eigenvalue weighted by Gasteiger charge is 2.16. The maximum Gasteiger partial charge on any atom is 0.323 e. The quantitative estimate of drug-likeness (QED) is 0.666. The number of benzene rings is 2. The van der Waals surface area contributed by atoms with Crippen molar-refractivity contribution in [1.29, 1.82) is 0 Å². The molecule has 0 aliphatic carbocycles. The second-order valence-electron chi connectivity index (χ2n) is 5.34. The van der Waals surface area contributed by atoms with E-state index in [1.807, 2.05) is 12.1 Å². The Morgan fingerprint density at radius 2 is 1.71 bits per heavy atom. The third kappa shape index (κ3) is 2.54. The van der Waals surface area contributed by atoms with E-state index in [1.165, 1.54) is 5.56 Å². The predicted octanol–water partition coefficient (Wildman–Crippen LogP) is 3.28. The van der Waals surface area contributed by atoms with Crippen LogP contribution in [0.15, 0.2) is 39.6 Å². The Morgan fingerprint density at radius 1 is 1.05 bits per heavy atom. The first kappa shape index (κ1) is 14.1. The smallest absolute Gasteiger partial charge is 0.320 e. The lowest BCUT2D eigenvalue weighted by molar-refractivity contribution is 0.857. The van der Waals surface area contributed by atoms with E-state index in [4.69, 9.17) is 5.73 Å². The molecule has 1 heterocycles. The topological polar surface area (TPSA) is 74.7 Å². The van der Waals surface area contributed by atoms with Crippen LogP contribution in [0.25, 0.3) is 11.0 Å². The van der Waals surface area contributed by atoms with E-state index < -0.39 is 0 Å². The van der Waals surface area contributed by atoms with Crippen molar-refractivity contribution < 1.29 is 0 Å². The Hall–Kier alpha value is -1.85. The molecule has 0 aliphatic heterocycles. The second kappa shape index (κ2) is 5.16. The zero-order valence-corrected chi connectivity index (χ0v) is 13.4. The Bertz CT molecular complexity index is 879. The van der Waals surface area contributed by atoms with Gasteiger partial charge in [0.2, 0.25) is 0 Å². The van der Waals surface area contributed by atoms with Crippen molar-refractivity contribution >= 4 is 27.0 Å². The molecule has 3 aromatic rings. The number of aromatic nitrogens is 2. The average molecular weight is 346 g/mol. The number of H-pyrrole nitrogens is 2. The molecule has 3 rings (SSSR count). The predicted molar refractivity (Wildman–Crippen MR) is 88.6 cm³/mol. The first-order valence-electron chi connectivity index (χ1n) is 6.70. The lowest BCUT2D eigenvalue weighted by Gasteiger charge is -2.17. The molecule has 4 N–H and O–H groups in total. The normalized spacial score (nSPS) is 12.8. The molecule has 108 valence electrons. The van der Waals surface area contributed by atoms with E-state index in [0.717, 1.165) is 32.2 Å². The molecule has 1 aromatic heterocycles. The molecule has 0 saturated carbocycles. The third-order valence-electron chi connectivity index (χ3n) is 3.73. The van der Waals surface area contributed by atoms with Gasteiger partial charge in [0.05, 0.1) is 17.1 Å². The highest BCUT2D eigenvalue weighted by molar-refractivity contribution is 9.10. The van der Waals surface area contributed by atoms with Crippen molar-refractivity contribution in [2.45, 2.75) is 19.9 Å². The zero-order valence-electron chi connectivity index (χ0n) is 11.8. The number of fused-ring (bicyclic) bond motifs is 1. The number of hydrogen-bond acceptors (Lipinski definition) is 2. The van der Waals surface area contributed by atoms with Crippen LogP contribution < -0.4 is 11.4 Å². The fraction of sp³-hybridized carbons (Fsp3) is 0.188. The van der Waals surface area contributed by atoms with Gasteiger partial charge < -0.3 is 15.7 Å². The fourth-order valence-electron chi connectivity index (χ4n) is 2.65. The van der Waals surface area contributed by atoms with Crippen molar-refractivity contribution in [3.63, 3.8) is 0 Å². The van der Waals surface area contributed by atoms with Gasteiger partial charge in [-0.05, 0) is 42.7 Å². The van der Waals surface area contributed by atoms with Crippen LogP contribution in [0.2, 0.25) is 0 Å². The molecule has 0 spiro atoms. The maximum absolute atomic E-state index is 11.4. The Morgan fingerprint density at radius 3 is 2.38 bits per heavy atom. The zero-order chi connectivity index (χ0) is 15.1. The van der Waals surface area contributed by atoms with Gasteiger partial charge in [-0.2, -0.15) is 0 Å². The lowest BCUT2D eigenvalue weighted by atomic mass is 9.94. The summed E-state index contributed by atoms with van der Waals surface area (Å²) in [4.78, 5) is 16.9. The van der Waals surface area contributed by atoms with Crippen LogP contribution in [-0.4, -0.2) is 9.97 Å². The van der Waals surface area contributed by atoms with Crippen LogP contribution in [0, 0.1) is 13.8 Å². The largest absolute Gasteiger partial charge is 0.323 e. The molecule has 0 fully saturated rings. The number of imidazole rings is 1. The van der Waals surface area contributed by atoms with Gasteiger partial charge in [0, 0.05) is 4.47 Å². The van der Waals surface area contributed by atoms with E-state index in [-0.39, 0.29) is 11.7 Å². The first-order chi connectivity index (χ1) is 9.95. The molecule has 0 radical (unpaired) electrons. The molecule has 1 unspecified atom stereocenters. The molecular weight excluding hydrogens is 330 g/mol. The number of nitrogens with two attached hydrogens (primary N) is 1. The van der Waals surface area contributed by atoms with Crippen LogP contribution in [0.1, 0.15) is 28.3 Å². The molecule has 0 amide bonds. The average Bonchev–Trinajstić information content (AvgIpc) is 2.76. The lowest BCUT2D eigenvalue weighted by Crippen LogP contribution is -2.14. The van der Waals surface area contributed by atoms with Crippen LogP contribution in [0.3, 0.4) is 0 Å². The van der Waals surface area contributed by atoms with Crippen molar-refractivity contribution in [2.24, 2.45) is 5.73 Å². The van der Waals surface area contributed by atoms with Crippen LogP contribution >= 0.6 is 15.9 Å². The number of aromatic amines is 2. The van der Waals surface area contributed by atoms with E-state index in [1.54, 1.807) is 0 Å². The van der Waals surface area contributed by atoms with Crippen molar-refractivity contribution in [3.05, 3.63) is 67.5 Å². The fourth-order valence-corrected chi connectivity index (χ4v) is 3.24.